The Morgan fingerprint density at radius 2 is 1.60 bits per heavy atom. The molecule has 60 heavy (non-hydrogen) atoms. The van der Waals surface area contributed by atoms with Crippen LogP contribution in [-0.2, 0) is 39.8 Å². The van der Waals surface area contributed by atoms with Crippen LogP contribution in [0.1, 0.15) is 100 Å². The van der Waals surface area contributed by atoms with Gasteiger partial charge in [0.2, 0.25) is 0 Å². The molecule has 1 aromatic carbocycles. The van der Waals surface area contributed by atoms with Crippen LogP contribution in [0.5, 0.6) is 5.75 Å². The molecule has 3 fully saturated rings. The van der Waals surface area contributed by atoms with E-state index in [1.807, 2.05) is 65.9 Å². The molecule has 0 bridgehead atoms. The summed E-state index contributed by atoms with van der Waals surface area (Å²) in [7, 11) is 5.14. The molecule has 15 heteroatoms. The summed E-state index contributed by atoms with van der Waals surface area (Å²) in [6.45, 7) is 18.5. The highest BCUT2D eigenvalue weighted by Gasteiger charge is 2.52. The predicted molar refractivity (Wildman–Crippen MR) is 225 cm³/mol. The van der Waals surface area contributed by atoms with Gasteiger partial charge in [0.1, 0.15) is 29.7 Å². The summed E-state index contributed by atoms with van der Waals surface area (Å²) in [4.78, 5) is 16.4. The fraction of sp³-hybridized carbons (Fsp3) is 0.844. The Kier molecular flexibility index (Phi) is 17.8. The quantitative estimate of drug-likeness (QED) is 0.177. The summed E-state index contributed by atoms with van der Waals surface area (Å²) in [5, 5.41) is 61.4. The number of likely N-dealkylation sites (N-methyl/N-ethyl adjacent to an activating group) is 1. The van der Waals surface area contributed by atoms with E-state index >= 15 is 0 Å². The van der Waals surface area contributed by atoms with Crippen molar-refractivity contribution in [3.63, 3.8) is 0 Å². The minimum Gasteiger partial charge on any atom is -0.497 e. The number of methoxy groups -OCH3 is 2. The van der Waals surface area contributed by atoms with Crippen LogP contribution in [0.2, 0.25) is 0 Å². The number of aliphatic hydroxyl groups excluding tert-OH is 3. The smallest absolute Gasteiger partial charge is 0.311 e. The summed E-state index contributed by atoms with van der Waals surface area (Å²) in [5.41, 5.74) is -3.21. The number of nitrogens with one attached hydrogen (secondary N) is 1. The van der Waals surface area contributed by atoms with E-state index in [2.05, 4.69) is 10.2 Å². The number of carbonyl (C=O) groups excluding carboxylic acids is 1. The van der Waals surface area contributed by atoms with Gasteiger partial charge < -0.3 is 64.0 Å². The van der Waals surface area contributed by atoms with Crippen LogP contribution in [0.4, 0.5) is 0 Å². The van der Waals surface area contributed by atoms with Gasteiger partial charge in [-0.3, -0.25) is 9.69 Å². The standard InChI is InChI=1S/C45H78N2O13/c1-14-35-45(10,53)39(50)29(6)46-22-25(2)20-43(8,52)40(60-42-37(49)34(19-26(3)56-42)47(11)23-31-15-17-32(54-12)18-16-31)27(4)38(28(5)41(51)58-35)59-36-21-44(9,55-13)33(24-48)30(7)57-36/h15-18,25-30,33-40,42,46,48-50,52-53H,14,19-24H2,1-13H3/t25-,26-,27+,28-,29-,30+,33?,34?,35-,36+,37-,38+,39-,40-,42+,43-,44-,45-/m1/s1. The average Bonchev–Trinajstić information content (AvgIpc) is 3.19. The van der Waals surface area contributed by atoms with E-state index in [-0.39, 0.29) is 49.9 Å². The number of hydrogen-bond acceptors (Lipinski definition) is 15. The Labute approximate surface area is 358 Å². The number of esters is 1. The highest BCUT2D eigenvalue weighted by molar-refractivity contribution is 5.73. The third-order valence-electron chi connectivity index (χ3n) is 13.7. The largest absolute Gasteiger partial charge is 0.497 e. The van der Waals surface area contributed by atoms with Gasteiger partial charge in [-0.05, 0) is 105 Å². The van der Waals surface area contributed by atoms with Crippen LogP contribution >= 0.6 is 0 Å². The zero-order valence-corrected chi connectivity index (χ0v) is 38.4. The maximum Gasteiger partial charge on any atom is 0.311 e. The third kappa shape index (κ3) is 11.8. The Balaban J connectivity index is 1.77. The molecule has 0 saturated carbocycles. The van der Waals surface area contributed by atoms with Crippen molar-refractivity contribution in [3.8, 4) is 5.75 Å². The Morgan fingerprint density at radius 1 is 0.950 bits per heavy atom. The molecular formula is C45H78N2O13. The van der Waals surface area contributed by atoms with Gasteiger partial charge in [-0.15, -0.1) is 0 Å². The van der Waals surface area contributed by atoms with Crippen LogP contribution in [0.3, 0.4) is 0 Å². The molecule has 0 radical (unpaired) electrons. The highest BCUT2D eigenvalue weighted by Crippen LogP contribution is 2.41. The molecule has 18 atom stereocenters. The van der Waals surface area contributed by atoms with Crippen molar-refractivity contribution in [1.82, 2.24) is 10.2 Å². The monoisotopic (exact) mass is 855 g/mol. The Hall–Kier alpha value is -1.99. The van der Waals surface area contributed by atoms with Crippen LogP contribution in [-0.4, -0.2) is 155 Å². The van der Waals surface area contributed by atoms with Crippen LogP contribution < -0.4 is 10.1 Å². The van der Waals surface area contributed by atoms with E-state index in [0.717, 1.165) is 11.3 Å². The number of aliphatic hydroxyl groups is 5. The number of rotatable bonds is 11. The van der Waals surface area contributed by atoms with Gasteiger partial charge >= 0.3 is 5.97 Å². The van der Waals surface area contributed by atoms with Crippen LogP contribution in [0.25, 0.3) is 0 Å². The summed E-state index contributed by atoms with van der Waals surface area (Å²) in [6.07, 6.45) is -7.35. The second kappa shape index (κ2) is 21.1. The first-order chi connectivity index (χ1) is 28.0. The fourth-order valence-electron chi connectivity index (χ4n) is 9.85. The fourth-order valence-corrected chi connectivity index (χ4v) is 9.85. The van der Waals surface area contributed by atoms with Crippen LogP contribution in [0, 0.1) is 23.7 Å². The number of carbonyl (C=O) groups is 1. The molecule has 0 spiro atoms. The van der Waals surface area contributed by atoms with Crippen molar-refractivity contribution >= 4 is 5.97 Å². The molecule has 0 aromatic heterocycles. The molecule has 4 rings (SSSR count). The minimum atomic E-state index is -1.82. The number of ether oxygens (including phenoxy) is 7. The van der Waals surface area contributed by atoms with Gasteiger partial charge in [-0.1, -0.05) is 32.9 Å². The van der Waals surface area contributed by atoms with Gasteiger partial charge in [-0.2, -0.15) is 0 Å². The summed E-state index contributed by atoms with van der Waals surface area (Å²) < 4.78 is 43.8. The molecule has 346 valence electrons. The Morgan fingerprint density at radius 3 is 2.18 bits per heavy atom. The van der Waals surface area contributed by atoms with E-state index in [0.29, 0.717) is 19.5 Å². The lowest BCUT2D eigenvalue weighted by Crippen LogP contribution is -2.60. The molecule has 2 unspecified atom stereocenters. The van der Waals surface area contributed by atoms with E-state index in [1.165, 1.54) is 6.92 Å². The zero-order valence-electron chi connectivity index (χ0n) is 38.4. The first kappa shape index (κ1) is 50.7. The van der Waals surface area contributed by atoms with Crippen molar-refractivity contribution in [2.75, 3.05) is 34.4 Å². The molecule has 3 heterocycles. The van der Waals surface area contributed by atoms with Gasteiger partial charge in [-0.25, -0.2) is 0 Å². The van der Waals surface area contributed by atoms with E-state index in [9.17, 15) is 30.3 Å². The van der Waals surface area contributed by atoms with Crippen molar-refractivity contribution < 1.29 is 63.5 Å². The molecule has 3 aliphatic rings. The molecule has 3 saturated heterocycles. The van der Waals surface area contributed by atoms with Crippen molar-refractivity contribution in [1.29, 1.82) is 0 Å². The molecular weight excluding hydrogens is 776 g/mol. The van der Waals surface area contributed by atoms with Gasteiger partial charge in [0.05, 0.1) is 55.3 Å². The topological polar surface area (TPSA) is 198 Å². The number of nitrogens with zero attached hydrogens (tertiary/aromatic N) is 1. The first-order valence-corrected chi connectivity index (χ1v) is 21.9. The zero-order chi connectivity index (χ0) is 44.9. The lowest BCUT2D eigenvalue weighted by atomic mass is 9.77. The van der Waals surface area contributed by atoms with E-state index < -0.39 is 89.9 Å². The SMILES string of the molecule is CC[C@H]1OC(=O)[C@H](C)[C@@H](O[C@H]2C[C@@](C)(OC)C(CO)[C@H](C)O2)[C@H](C)[C@@H](O[C@@H]2O[C@H](C)CC(N(C)Cc3ccc(OC)cc3)[C@H]2O)[C@](C)(O)C[C@@H](C)CN[C@H](C)[C@@H](O)[C@]1(C)O. The molecule has 0 amide bonds. The summed E-state index contributed by atoms with van der Waals surface area (Å²) >= 11 is 0. The van der Waals surface area contributed by atoms with Gasteiger partial charge in [0.15, 0.2) is 12.6 Å². The maximum absolute atomic E-state index is 14.4. The predicted octanol–water partition coefficient (Wildman–Crippen LogP) is 3.39. The first-order valence-electron chi connectivity index (χ1n) is 21.9. The van der Waals surface area contributed by atoms with E-state index in [1.54, 1.807) is 41.9 Å². The molecule has 15 nitrogen and oxygen atoms in total. The second-order valence-electron chi connectivity index (χ2n) is 18.8. The van der Waals surface area contributed by atoms with Crippen molar-refractivity contribution in [2.24, 2.45) is 23.7 Å². The summed E-state index contributed by atoms with van der Waals surface area (Å²) in [6, 6.07) is 6.79. The van der Waals surface area contributed by atoms with Gasteiger partial charge in [0.25, 0.3) is 0 Å². The van der Waals surface area contributed by atoms with Crippen molar-refractivity contribution in [3.05, 3.63) is 29.8 Å². The lowest BCUT2D eigenvalue weighted by Gasteiger charge is -2.49. The maximum atomic E-state index is 14.4. The normalized spacial score (nSPS) is 44.1. The average molecular weight is 855 g/mol. The lowest BCUT2D eigenvalue weighted by molar-refractivity contribution is -0.315. The molecule has 3 aliphatic heterocycles. The van der Waals surface area contributed by atoms with E-state index in [4.69, 9.17) is 33.2 Å². The Bertz CT molecular complexity index is 1480. The summed E-state index contributed by atoms with van der Waals surface area (Å²) in [5.74, 6) is -2.27. The number of hydrogen-bond donors (Lipinski definition) is 6. The van der Waals surface area contributed by atoms with Crippen LogP contribution in [0.15, 0.2) is 24.3 Å². The molecule has 1 aromatic rings. The van der Waals surface area contributed by atoms with Gasteiger partial charge in [0, 0.05) is 44.0 Å². The second-order valence-corrected chi connectivity index (χ2v) is 18.8. The number of benzene rings is 1. The van der Waals surface area contributed by atoms with Crippen molar-refractivity contribution in [2.45, 2.75) is 186 Å². The number of cyclic esters (lactones) is 1. The molecule has 0 aliphatic carbocycles. The molecule has 6 N–H and O–H groups in total. The minimum absolute atomic E-state index is 0.173. The highest BCUT2D eigenvalue weighted by atomic mass is 16.7. The third-order valence-corrected chi connectivity index (χ3v) is 13.7.